The van der Waals surface area contributed by atoms with Crippen molar-refractivity contribution in [2.45, 2.75) is 26.2 Å². The van der Waals surface area contributed by atoms with E-state index in [1.807, 2.05) is 5.38 Å². The van der Waals surface area contributed by atoms with Gasteiger partial charge in [-0.15, -0.1) is 11.3 Å². The van der Waals surface area contributed by atoms with E-state index in [1.54, 1.807) is 24.3 Å². The topological polar surface area (TPSA) is 66.1 Å². The average Bonchev–Trinajstić information content (AvgIpc) is 3.22. The predicted octanol–water partition coefficient (Wildman–Crippen LogP) is 5.93. The highest BCUT2D eigenvalue weighted by Gasteiger charge is 2.10. The Balaban J connectivity index is 1.84. The number of ether oxygens (including phenoxy) is 1. The summed E-state index contributed by atoms with van der Waals surface area (Å²) >= 11 is 1.44. The van der Waals surface area contributed by atoms with Gasteiger partial charge in [-0.25, -0.2) is 4.98 Å². The molecule has 0 radical (unpaired) electrons. The molecule has 0 aliphatic carbocycles. The van der Waals surface area contributed by atoms with Crippen LogP contribution < -0.4 is 4.74 Å². The van der Waals surface area contributed by atoms with Crippen LogP contribution in [0.25, 0.3) is 22.9 Å². The summed E-state index contributed by atoms with van der Waals surface area (Å²) in [5.74, 6) is 0.436. The van der Waals surface area contributed by atoms with E-state index in [0.717, 1.165) is 23.2 Å². The second-order valence-corrected chi connectivity index (χ2v) is 7.30. The van der Waals surface area contributed by atoms with E-state index >= 15 is 0 Å². The summed E-state index contributed by atoms with van der Waals surface area (Å²) in [6.07, 6.45) is 5.22. The summed E-state index contributed by atoms with van der Waals surface area (Å²) in [5, 5.41) is 21.9. The molecule has 0 saturated heterocycles. The van der Waals surface area contributed by atoms with Crippen LogP contribution in [-0.2, 0) is 6.42 Å². The van der Waals surface area contributed by atoms with Crippen LogP contribution >= 0.6 is 11.3 Å². The summed E-state index contributed by atoms with van der Waals surface area (Å²) in [4.78, 5) is 4.65. The fraction of sp³-hybridized carbons (Fsp3) is 0.217. The molecular formula is C23H22N2O2S. The molecule has 0 bridgehead atoms. The Morgan fingerprint density at radius 1 is 1.25 bits per heavy atom. The minimum Gasteiger partial charge on any atom is -0.504 e. The molecule has 3 aromatic rings. The molecule has 4 nitrogen and oxygen atoms in total. The van der Waals surface area contributed by atoms with Crippen molar-refractivity contribution in [2.75, 3.05) is 7.11 Å². The fourth-order valence-corrected chi connectivity index (χ4v) is 3.64. The van der Waals surface area contributed by atoms with Crippen molar-refractivity contribution in [1.82, 2.24) is 4.98 Å². The lowest BCUT2D eigenvalue weighted by Gasteiger charge is -2.04. The Labute approximate surface area is 169 Å². The number of nitrogens with zero attached hydrogens (tertiary/aromatic N) is 2. The van der Waals surface area contributed by atoms with Crippen LogP contribution in [0, 0.1) is 11.3 Å². The highest BCUT2D eigenvalue weighted by atomic mass is 32.1. The largest absolute Gasteiger partial charge is 0.504 e. The number of methoxy groups -OCH3 is 1. The molecule has 1 aromatic heterocycles. The maximum Gasteiger partial charge on any atom is 0.161 e. The van der Waals surface area contributed by atoms with Gasteiger partial charge in [-0.2, -0.15) is 5.26 Å². The molecule has 2 aromatic carbocycles. The molecule has 0 spiro atoms. The van der Waals surface area contributed by atoms with Crippen molar-refractivity contribution in [3.8, 4) is 28.8 Å². The van der Waals surface area contributed by atoms with Gasteiger partial charge in [0.15, 0.2) is 11.5 Å². The zero-order valence-corrected chi connectivity index (χ0v) is 16.8. The van der Waals surface area contributed by atoms with Crippen LogP contribution in [0.3, 0.4) is 0 Å². The van der Waals surface area contributed by atoms with E-state index in [0.29, 0.717) is 16.3 Å². The van der Waals surface area contributed by atoms with E-state index in [9.17, 15) is 10.4 Å². The second kappa shape index (κ2) is 9.20. The first-order valence-electron chi connectivity index (χ1n) is 9.18. The van der Waals surface area contributed by atoms with E-state index in [1.165, 1.54) is 36.9 Å². The number of hydrogen-bond donors (Lipinski definition) is 1. The summed E-state index contributed by atoms with van der Waals surface area (Å²) in [6.45, 7) is 2.19. The number of aromatic hydroxyl groups is 1. The molecule has 1 N–H and O–H groups in total. The molecule has 3 rings (SSSR count). The minimum absolute atomic E-state index is 0.0667. The number of allylic oxidation sites excluding steroid dienone is 1. The van der Waals surface area contributed by atoms with Gasteiger partial charge in [0, 0.05) is 10.9 Å². The fourth-order valence-electron chi connectivity index (χ4n) is 2.85. The first kappa shape index (κ1) is 19.7. The monoisotopic (exact) mass is 390 g/mol. The lowest BCUT2D eigenvalue weighted by Crippen LogP contribution is -1.87. The first-order valence-corrected chi connectivity index (χ1v) is 10.1. The maximum absolute atomic E-state index is 9.72. The minimum atomic E-state index is 0.0667. The van der Waals surface area contributed by atoms with E-state index < -0.39 is 0 Å². The number of rotatable bonds is 7. The number of benzene rings is 2. The number of phenols is 1. The third-order valence-electron chi connectivity index (χ3n) is 4.44. The summed E-state index contributed by atoms with van der Waals surface area (Å²) < 4.78 is 5.13. The van der Waals surface area contributed by atoms with Crippen LogP contribution in [0.2, 0.25) is 0 Å². The third kappa shape index (κ3) is 4.59. The van der Waals surface area contributed by atoms with Crippen molar-refractivity contribution in [3.63, 3.8) is 0 Å². The van der Waals surface area contributed by atoms with Gasteiger partial charge in [0.1, 0.15) is 11.1 Å². The molecule has 1 heterocycles. The van der Waals surface area contributed by atoms with Crippen molar-refractivity contribution in [3.05, 3.63) is 64.0 Å². The van der Waals surface area contributed by atoms with Crippen LogP contribution in [0.15, 0.2) is 47.8 Å². The molecule has 0 atom stereocenters. The number of nitriles is 1. The standard InChI is InChI=1S/C23H22N2O2S/c1-3-4-5-16-6-9-18(10-7-16)20-15-28-23(25-20)19(14-24)12-17-8-11-21(26)22(13-17)27-2/h6-13,15,26H,3-5H2,1-2H3/b19-12+. The van der Waals surface area contributed by atoms with Gasteiger partial charge in [0.05, 0.1) is 18.4 Å². The summed E-state index contributed by atoms with van der Waals surface area (Å²) in [7, 11) is 1.49. The second-order valence-electron chi connectivity index (χ2n) is 6.44. The van der Waals surface area contributed by atoms with Crippen LogP contribution in [-0.4, -0.2) is 17.2 Å². The van der Waals surface area contributed by atoms with Gasteiger partial charge in [0.25, 0.3) is 0 Å². The Hall–Kier alpha value is -3.10. The predicted molar refractivity (Wildman–Crippen MR) is 114 cm³/mol. The highest BCUT2D eigenvalue weighted by molar-refractivity contribution is 7.11. The Morgan fingerprint density at radius 3 is 2.71 bits per heavy atom. The van der Waals surface area contributed by atoms with Crippen molar-refractivity contribution >= 4 is 23.0 Å². The van der Waals surface area contributed by atoms with Crippen LogP contribution in [0.5, 0.6) is 11.5 Å². The van der Waals surface area contributed by atoms with Gasteiger partial charge < -0.3 is 9.84 Å². The van der Waals surface area contributed by atoms with Gasteiger partial charge in [0.2, 0.25) is 0 Å². The maximum atomic E-state index is 9.72. The first-order chi connectivity index (χ1) is 13.6. The molecular weight excluding hydrogens is 368 g/mol. The Kier molecular flexibility index (Phi) is 6.46. The SMILES string of the molecule is CCCCc1ccc(-c2csc(/C(C#N)=C/c3ccc(O)c(OC)c3)n2)cc1. The zero-order chi connectivity index (χ0) is 19.9. The molecule has 142 valence electrons. The number of aromatic nitrogens is 1. The van der Waals surface area contributed by atoms with Crippen LogP contribution in [0.1, 0.15) is 35.9 Å². The number of aryl methyl sites for hydroxylation is 1. The molecule has 5 heteroatoms. The smallest absolute Gasteiger partial charge is 0.161 e. The molecule has 0 amide bonds. The number of phenolic OH excluding ortho intramolecular Hbond substituents is 1. The molecule has 28 heavy (non-hydrogen) atoms. The lowest BCUT2D eigenvalue weighted by atomic mass is 10.1. The Bertz CT molecular complexity index is 1010. The van der Waals surface area contributed by atoms with E-state index in [2.05, 4.69) is 42.2 Å². The number of thiazole rings is 1. The molecule has 0 aliphatic rings. The normalized spacial score (nSPS) is 11.2. The molecule has 0 saturated carbocycles. The summed E-state index contributed by atoms with van der Waals surface area (Å²) in [6, 6.07) is 15.7. The number of unbranched alkanes of at least 4 members (excludes halogenated alkanes) is 1. The molecule has 0 aliphatic heterocycles. The Morgan fingerprint density at radius 2 is 2.04 bits per heavy atom. The quantitative estimate of drug-likeness (QED) is 0.508. The highest BCUT2D eigenvalue weighted by Crippen LogP contribution is 2.30. The molecule has 0 fully saturated rings. The zero-order valence-electron chi connectivity index (χ0n) is 16.0. The summed E-state index contributed by atoms with van der Waals surface area (Å²) in [5.41, 5.74) is 4.49. The van der Waals surface area contributed by atoms with Crippen LogP contribution in [0.4, 0.5) is 0 Å². The van der Waals surface area contributed by atoms with Crippen molar-refractivity contribution < 1.29 is 9.84 Å². The van der Waals surface area contributed by atoms with Crippen molar-refractivity contribution in [1.29, 1.82) is 5.26 Å². The van der Waals surface area contributed by atoms with Gasteiger partial charge in [-0.3, -0.25) is 0 Å². The van der Waals surface area contributed by atoms with E-state index in [-0.39, 0.29) is 5.75 Å². The van der Waals surface area contributed by atoms with Crippen molar-refractivity contribution in [2.24, 2.45) is 0 Å². The van der Waals surface area contributed by atoms with E-state index in [4.69, 9.17) is 4.74 Å². The van der Waals surface area contributed by atoms with Gasteiger partial charge in [-0.1, -0.05) is 43.7 Å². The van der Waals surface area contributed by atoms with Gasteiger partial charge >= 0.3 is 0 Å². The third-order valence-corrected chi connectivity index (χ3v) is 5.31. The molecule has 0 unspecified atom stereocenters. The van der Waals surface area contributed by atoms with Gasteiger partial charge in [-0.05, 0) is 42.2 Å². The number of hydrogen-bond acceptors (Lipinski definition) is 5. The average molecular weight is 391 g/mol. The lowest BCUT2D eigenvalue weighted by molar-refractivity contribution is 0.373.